The molecule has 3 nitrogen and oxygen atoms in total. The van der Waals surface area contributed by atoms with Gasteiger partial charge >= 0.3 is 6.18 Å². The summed E-state index contributed by atoms with van der Waals surface area (Å²) in [5.41, 5.74) is 5.84. The normalized spacial score (nSPS) is 34.5. The lowest BCUT2D eigenvalue weighted by Crippen LogP contribution is -2.39. The molecule has 21 heavy (non-hydrogen) atoms. The van der Waals surface area contributed by atoms with Crippen molar-refractivity contribution < 1.29 is 18.0 Å². The predicted octanol–water partition coefficient (Wildman–Crippen LogP) is 2.99. The highest BCUT2D eigenvalue weighted by Crippen LogP contribution is 2.39. The Morgan fingerprint density at radius 1 is 1.00 bits per heavy atom. The summed E-state index contributed by atoms with van der Waals surface area (Å²) in [5, 5.41) is 2.93. The molecule has 0 atom stereocenters. The maximum atomic E-state index is 12.6. The Kier molecular flexibility index (Phi) is 5.52. The zero-order valence-corrected chi connectivity index (χ0v) is 12.3. The predicted molar refractivity (Wildman–Crippen MR) is 74.4 cm³/mol. The average Bonchev–Trinajstić information content (AvgIpc) is 2.45. The number of nitrogens with two attached hydrogens (primary N) is 1. The third-order valence-electron chi connectivity index (χ3n) is 5.02. The molecule has 0 spiro atoms. The van der Waals surface area contributed by atoms with Crippen LogP contribution < -0.4 is 11.1 Å². The van der Waals surface area contributed by atoms with Crippen molar-refractivity contribution in [3.05, 3.63) is 0 Å². The molecule has 2 aliphatic rings. The third kappa shape index (κ3) is 4.87. The second-order valence-electron chi connectivity index (χ2n) is 6.62. The minimum absolute atomic E-state index is 0.0644. The van der Waals surface area contributed by atoms with Gasteiger partial charge in [-0.2, -0.15) is 13.2 Å². The number of amides is 1. The molecular weight excluding hydrogens is 281 g/mol. The van der Waals surface area contributed by atoms with E-state index in [1.807, 2.05) is 0 Å². The van der Waals surface area contributed by atoms with Crippen LogP contribution in [0.3, 0.4) is 0 Å². The standard InChI is InChI=1S/C15H25F3N2O/c16-15(17,18)12-5-3-11(4-6-12)14(21)20-9-10-1-7-13(19)8-2-10/h10-13H,1-9,19H2,(H,20,21). The van der Waals surface area contributed by atoms with Crippen LogP contribution in [0.2, 0.25) is 0 Å². The van der Waals surface area contributed by atoms with Crippen LogP contribution in [-0.2, 0) is 4.79 Å². The number of hydrogen-bond acceptors (Lipinski definition) is 2. The molecule has 0 radical (unpaired) electrons. The molecule has 2 saturated carbocycles. The molecule has 0 bridgehead atoms. The van der Waals surface area contributed by atoms with Crippen molar-refractivity contribution in [3.63, 3.8) is 0 Å². The van der Waals surface area contributed by atoms with Crippen molar-refractivity contribution in [3.8, 4) is 0 Å². The third-order valence-corrected chi connectivity index (χ3v) is 5.02. The molecule has 1 amide bonds. The van der Waals surface area contributed by atoms with Gasteiger partial charge in [0.1, 0.15) is 0 Å². The first-order valence-corrected chi connectivity index (χ1v) is 7.96. The van der Waals surface area contributed by atoms with E-state index in [-0.39, 0.29) is 30.7 Å². The van der Waals surface area contributed by atoms with Gasteiger partial charge < -0.3 is 11.1 Å². The molecule has 0 aromatic carbocycles. The summed E-state index contributed by atoms with van der Waals surface area (Å²) in [4.78, 5) is 12.0. The summed E-state index contributed by atoms with van der Waals surface area (Å²) in [5.74, 6) is -1.05. The Morgan fingerprint density at radius 2 is 1.57 bits per heavy atom. The van der Waals surface area contributed by atoms with Crippen LogP contribution in [0.25, 0.3) is 0 Å². The fourth-order valence-corrected chi connectivity index (χ4v) is 3.46. The van der Waals surface area contributed by atoms with Gasteiger partial charge in [0.2, 0.25) is 5.91 Å². The minimum Gasteiger partial charge on any atom is -0.356 e. The Bertz CT molecular complexity index is 343. The second kappa shape index (κ2) is 6.99. The van der Waals surface area contributed by atoms with Gasteiger partial charge in [0.05, 0.1) is 5.92 Å². The van der Waals surface area contributed by atoms with Crippen molar-refractivity contribution in [2.75, 3.05) is 6.54 Å². The first kappa shape index (κ1) is 16.6. The van der Waals surface area contributed by atoms with E-state index in [9.17, 15) is 18.0 Å². The molecular formula is C15H25F3N2O. The number of carbonyl (C=O) groups excluding carboxylic acids is 1. The molecule has 0 heterocycles. The molecule has 122 valence electrons. The maximum absolute atomic E-state index is 12.6. The number of halogens is 3. The largest absolute Gasteiger partial charge is 0.391 e. The zero-order chi connectivity index (χ0) is 15.5. The van der Waals surface area contributed by atoms with E-state index in [0.717, 1.165) is 25.7 Å². The van der Waals surface area contributed by atoms with E-state index in [1.54, 1.807) is 0 Å². The van der Waals surface area contributed by atoms with Gasteiger partial charge in [-0.15, -0.1) is 0 Å². The van der Waals surface area contributed by atoms with Gasteiger partial charge in [0, 0.05) is 18.5 Å². The highest BCUT2D eigenvalue weighted by atomic mass is 19.4. The van der Waals surface area contributed by atoms with Gasteiger partial charge in [-0.05, 0) is 57.3 Å². The fraction of sp³-hybridized carbons (Fsp3) is 0.933. The van der Waals surface area contributed by atoms with Crippen molar-refractivity contribution in [2.45, 2.75) is 63.6 Å². The number of hydrogen-bond donors (Lipinski definition) is 2. The van der Waals surface area contributed by atoms with Gasteiger partial charge in [-0.1, -0.05) is 0 Å². The number of nitrogens with one attached hydrogen (secondary N) is 1. The molecule has 6 heteroatoms. The van der Waals surface area contributed by atoms with E-state index >= 15 is 0 Å². The summed E-state index contributed by atoms with van der Waals surface area (Å²) in [6.45, 7) is 0.644. The number of rotatable bonds is 3. The second-order valence-corrected chi connectivity index (χ2v) is 6.62. The first-order chi connectivity index (χ1) is 9.86. The van der Waals surface area contributed by atoms with E-state index < -0.39 is 12.1 Å². The van der Waals surface area contributed by atoms with Crippen molar-refractivity contribution in [1.82, 2.24) is 5.32 Å². The van der Waals surface area contributed by atoms with Gasteiger partial charge in [0.25, 0.3) is 0 Å². The zero-order valence-electron chi connectivity index (χ0n) is 12.3. The van der Waals surface area contributed by atoms with E-state index in [4.69, 9.17) is 5.73 Å². The first-order valence-electron chi connectivity index (χ1n) is 7.96. The lowest BCUT2D eigenvalue weighted by atomic mass is 9.81. The molecule has 0 aliphatic heterocycles. The van der Waals surface area contributed by atoms with Crippen molar-refractivity contribution in [2.24, 2.45) is 23.5 Å². The van der Waals surface area contributed by atoms with Gasteiger partial charge in [0.15, 0.2) is 0 Å². The molecule has 2 aliphatic carbocycles. The minimum atomic E-state index is -4.11. The van der Waals surface area contributed by atoms with Crippen LogP contribution in [0, 0.1) is 17.8 Å². The van der Waals surface area contributed by atoms with E-state index in [1.165, 1.54) is 0 Å². The van der Waals surface area contributed by atoms with Crippen molar-refractivity contribution >= 4 is 5.91 Å². The number of carbonyl (C=O) groups is 1. The van der Waals surface area contributed by atoms with E-state index in [2.05, 4.69) is 5.32 Å². The topological polar surface area (TPSA) is 55.1 Å². The van der Waals surface area contributed by atoms with Crippen LogP contribution in [0.15, 0.2) is 0 Å². The highest BCUT2D eigenvalue weighted by Gasteiger charge is 2.42. The smallest absolute Gasteiger partial charge is 0.356 e. The Morgan fingerprint density at radius 3 is 2.10 bits per heavy atom. The SMILES string of the molecule is NC1CCC(CNC(=O)C2CCC(C(F)(F)F)CC2)CC1. The Labute approximate surface area is 123 Å². The molecule has 0 aromatic heterocycles. The fourth-order valence-electron chi connectivity index (χ4n) is 3.46. The quantitative estimate of drug-likeness (QED) is 0.842. The Balaban J connectivity index is 1.68. The summed E-state index contributed by atoms with van der Waals surface area (Å²) in [6, 6.07) is 0.287. The Hall–Kier alpha value is -0.780. The lowest BCUT2D eigenvalue weighted by Gasteiger charge is -2.30. The summed E-state index contributed by atoms with van der Waals surface area (Å²) in [7, 11) is 0. The monoisotopic (exact) mass is 306 g/mol. The maximum Gasteiger partial charge on any atom is 0.391 e. The lowest BCUT2D eigenvalue weighted by molar-refractivity contribution is -0.184. The summed E-state index contributed by atoms with van der Waals surface area (Å²) >= 11 is 0. The van der Waals surface area contributed by atoms with Gasteiger partial charge in [-0.3, -0.25) is 4.79 Å². The summed E-state index contributed by atoms with van der Waals surface area (Å²) in [6.07, 6.45) is 0.818. The average molecular weight is 306 g/mol. The van der Waals surface area contributed by atoms with Crippen LogP contribution in [-0.4, -0.2) is 24.7 Å². The van der Waals surface area contributed by atoms with Crippen molar-refractivity contribution in [1.29, 1.82) is 0 Å². The van der Waals surface area contributed by atoms with Crippen LogP contribution in [0.5, 0.6) is 0 Å². The summed E-state index contributed by atoms with van der Waals surface area (Å²) < 4.78 is 37.7. The molecule has 0 aromatic rings. The molecule has 3 N–H and O–H groups in total. The molecule has 2 rings (SSSR count). The van der Waals surface area contributed by atoms with Crippen LogP contribution in [0.4, 0.5) is 13.2 Å². The molecule has 2 fully saturated rings. The van der Waals surface area contributed by atoms with Crippen LogP contribution >= 0.6 is 0 Å². The highest BCUT2D eigenvalue weighted by molar-refractivity contribution is 5.78. The molecule has 0 unspecified atom stereocenters. The van der Waals surface area contributed by atoms with Crippen LogP contribution in [0.1, 0.15) is 51.4 Å². The molecule has 0 saturated heterocycles. The van der Waals surface area contributed by atoms with Gasteiger partial charge in [-0.25, -0.2) is 0 Å². The van der Waals surface area contributed by atoms with E-state index in [0.29, 0.717) is 25.3 Å². The number of alkyl halides is 3.